The summed E-state index contributed by atoms with van der Waals surface area (Å²) in [4.78, 5) is 23.1. The Kier molecular flexibility index (Phi) is 5.91. The number of nitrogens with one attached hydrogen (secondary N) is 1. The molecule has 4 nitrogen and oxygen atoms in total. The average molecular weight is 325 g/mol. The Morgan fingerprint density at radius 3 is 2.47 bits per heavy atom. The summed E-state index contributed by atoms with van der Waals surface area (Å²) in [5, 5.41) is 2.29. The number of amides is 1. The van der Waals surface area contributed by atoms with Crippen molar-refractivity contribution < 1.29 is 14.3 Å². The number of alkyl halides is 3. The molecule has 1 amide bonds. The van der Waals surface area contributed by atoms with Gasteiger partial charge in [-0.1, -0.05) is 59.1 Å². The van der Waals surface area contributed by atoms with Crippen LogP contribution in [0.5, 0.6) is 0 Å². The van der Waals surface area contributed by atoms with Gasteiger partial charge in [0, 0.05) is 5.56 Å². The molecule has 0 aliphatic heterocycles. The molecule has 0 atom stereocenters. The highest BCUT2D eigenvalue weighted by Crippen LogP contribution is 2.25. The molecule has 19 heavy (non-hydrogen) atoms. The number of alkyl carbamates (subject to hydrolysis) is 1. The van der Waals surface area contributed by atoms with Crippen molar-refractivity contribution >= 4 is 46.7 Å². The second-order valence-electron chi connectivity index (χ2n) is 3.78. The molecule has 0 fully saturated rings. The molecule has 0 unspecified atom stereocenters. The summed E-state index contributed by atoms with van der Waals surface area (Å²) in [6.45, 7) is 1.25. The largest absolute Gasteiger partial charge is 0.445 e. The van der Waals surface area contributed by atoms with Crippen LogP contribution in [-0.4, -0.2) is 28.8 Å². The van der Waals surface area contributed by atoms with E-state index in [1.165, 1.54) is 0 Å². The van der Waals surface area contributed by atoms with E-state index in [1.54, 1.807) is 12.1 Å². The third-order valence-corrected chi connectivity index (χ3v) is 2.53. The van der Waals surface area contributed by atoms with Crippen molar-refractivity contribution in [2.45, 2.75) is 10.7 Å². The maximum absolute atomic E-state index is 11.8. The van der Waals surface area contributed by atoms with E-state index >= 15 is 0 Å². The van der Waals surface area contributed by atoms with Crippen molar-refractivity contribution in [1.29, 1.82) is 0 Å². The van der Waals surface area contributed by atoms with Crippen LogP contribution in [0.25, 0.3) is 0 Å². The number of Topliss-reactive ketones (excluding diaryl/α,β-unsaturated/α-hetero) is 1. The third kappa shape index (κ3) is 6.14. The SMILES string of the molecule is Cc1ccccc1C(=O)CNC(=O)OCC(Cl)(Cl)Cl. The molecule has 0 bridgehead atoms. The number of hydrogen-bond acceptors (Lipinski definition) is 3. The number of carbonyl (C=O) groups is 2. The lowest BCUT2D eigenvalue weighted by atomic mass is 10.1. The van der Waals surface area contributed by atoms with Gasteiger partial charge in [-0.05, 0) is 12.5 Å². The summed E-state index contributed by atoms with van der Waals surface area (Å²) in [6, 6.07) is 7.08. The Labute approximate surface area is 126 Å². The molecule has 0 saturated carbocycles. The third-order valence-electron chi connectivity index (χ3n) is 2.21. The summed E-state index contributed by atoms with van der Waals surface area (Å²) in [5.41, 5.74) is 1.38. The first-order chi connectivity index (χ1) is 8.79. The number of benzene rings is 1. The molecule has 1 aromatic carbocycles. The molecule has 1 rings (SSSR count). The molecule has 0 heterocycles. The second kappa shape index (κ2) is 6.98. The van der Waals surface area contributed by atoms with E-state index in [1.807, 2.05) is 19.1 Å². The second-order valence-corrected chi connectivity index (χ2v) is 6.30. The smallest absolute Gasteiger partial charge is 0.407 e. The fraction of sp³-hybridized carbons (Fsp3) is 0.333. The van der Waals surface area contributed by atoms with Gasteiger partial charge in [-0.15, -0.1) is 0 Å². The van der Waals surface area contributed by atoms with E-state index in [0.29, 0.717) is 5.56 Å². The van der Waals surface area contributed by atoms with Gasteiger partial charge < -0.3 is 10.1 Å². The first-order valence-corrected chi connectivity index (χ1v) is 6.49. The van der Waals surface area contributed by atoms with Crippen LogP contribution in [0, 0.1) is 6.92 Å². The highest BCUT2D eigenvalue weighted by molar-refractivity contribution is 6.67. The fourth-order valence-electron chi connectivity index (χ4n) is 1.33. The predicted octanol–water partition coefficient (Wildman–Crippen LogP) is 3.27. The Morgan fingerprint density at radius 2 is 1.89 bits per heavy atom. The Morgan fingerprint density at radius 1 is 1.26 bits per heavy atom. The van der Waals surface area contributed by atoms with Crippen LogP contribution < -0.4 is 5.32 Å². The van der Waals surface area contributed by atoms with Crippen molar-refractivity contribution in [3.63, 3.8) is 0 Å². The molecule has 104 valence electrons. The molecule has 1 N–H and O–H groups in total. The Bertz CT molecular complexity index is 472. The molecule has 0 aromatic heterocycles. The van der Waals surface area contributed by atoms with Crippen molar-refractivity contribution in [3.05, 3.63) is 35.4 Å². The van der Waals surface area contributed by atoms with Crippen LogP contribution in [0.3, 0.4) is 0 Å². The molecular formula is C12H12Cl3NO3. The number of halogens is 3. The summed E-state index contributed by atoms with van der Waals surface area (Å²) in [5.74, 6) is -0.219. The lowest BCUT2D eigenvalue weighted by Gasteiger charge is -2.12. The number of ketones is 1. The number of carbonyl (C=O) groups excluding carboxylic acids is 2. The van der Waals surface area contributed by atoms with Gasteiger partial charge in [-0.3, -0.25) is 4.79 Å². The fourth-order valence-corrected chi connectivity index (χ4v) is 1.50. The number of rotatable bonds is 4. The average Bonchev–Trinajstić information content (AvgIpc) is 2.33. The molecule has 7 heteroatoms. The van der Waals surface area contributed by atoms with E-state index in [2.05, 4.69) is 10.1 Å². The number of aryl methyl sites for hydroxylation is 1. The lowest BCUT2D eigenvalue weighted by Crippen LogP contribution is -2.32. The van der Waals surface area contributed by atoms with E-state index in [-0.39, 0.29) is 18.9 Å². The van der Waals surface area contributed by atoms with Crippen LogP contribution in [-0.2, 0) is 4.74 Å². The van der Waals surface area contributed by atoms with Gasteiger partial charge in [0.25, 0.3) is 0 Å². The summed E-state index contributed by atoms with van der Waals surface area (Å²) >= 11 is 16.2. The van der Waals surface area contributed by atoms with Crippen LogP contribution in [0.15, 0.2) is 24.3 Å². The highest BCUT2D eigenvalue weighted by Gasteiger charge is 2.22. The number of ether oxygens (including phenoxy) is 1. The minimum absolute atomic E-state index is 0.177. The molecule has 0 radical (unpaired) electrons. The van der Waals surface area contributed by atoms with Gasteiger partial charge in [-0.2, -0.15) is 0 Å². The minimum Gasteiger partial charge on any atom is -0.445 e. The Balaban J connectivity index is 2.43. The Hall–Kier alpha value is -0.970. The van der Waals surface area contributed by atoms with Gasteiger partial charge in [-0.25, -0.2) is 4.79 Å². The molecule has 1 aromatic rings. The molecular weight excluding hydrogens is 312 g/mol. The molecule has 0 spiro atoms. The topological polar surface area (TPSA) is 55.4 Å². The van der Waals surface area contributed by atoms with E-state index < -0.39 is 9.89 Å². The van der Waals surface area contributed by atoms with Crippen molar-refractivity contribution in [2.75, 3.05) is 13.2 Å². The van der Waals surface area contributed by atoms with Gasteiger partial charge in [0.2, 0.25) is 3.79 Å². The van der Waals surface area contributed by atoms with Gasteiger partial charge in [0.1, 0.15) is 6.61 Å². The van der Waals surface area contributed by atoms with E-state index in [4.69, 9.17) is 34.8 Å². The zero-order valence-corrected chi connectivity index (χ0v) is 12.4. The minimum atomic E-state index is -1.67. The van der Waals surface area contributed by atoms with E-state index in [9.17, 15) is 9.59 Å². The summed E-state index contributed by atoms with van der Waals surface area (Å²) in [7, 11) is 0. The summed E-state index contributed by atoms with van der Waals surface area (Å²) in [6.07, 6.45) is -0.812. The molecule has 0 saturated heterocycles. The maximum Gasteiger partial charge on any atom is 0.407 e. The van der Waals surface area contributed by atoms with Crippen LogP contribution in [0.2, 0.25) is 0 Å². The standard InChI is InChI=1S/C12H12Cl3NO3/c1-8-4-2-3-5-9(8)10(17)6-16-11(18)19-7-12(13,14)15/h2-5H,6-7H2,1H3,(H,16,18). The zero-order valence-electron chi connectivity index (χ0n) is 10.1. The van der Waals surface area contributed by atoms with Gasteiger partial charge in [0.05, 0.1) is 6.54 Å². The maximum atomic E-state index is 11.8. The predicted molar refractivity (Wildman–Crippen MR) is 75.2 cm³/mol. The van der Waals surface area contributed by atoms with Crippen molar-refractivity contribution in [3.8, 4) is 0 Å². The van der Waals surface area contributed by atoms with Crippen molar-refractivity contribution in [1.82, 2.24) is 5.32 Å². The van der Waals surface area contributed by atoms with Crippen LogP contribution in [0.1, 0.15) is 15.9 Å². The summed E-state index contributed by atoms with van der Waals surface area (Å²) < 4.78 is 2.96. The quantitative estimate of drug-likeness (QED) is 0.683. The zero-order chi connectivity index (χ0) is 14.5. The molecule has 0 aliphatic carbocycles. The van der Waals surface area contributed by atoms with Crippen molar-refractivity contribution in [2.24, 2.45) is 0 Å². The van der Waals surface area contributed by atoms with Gasteiger partial charge in [0.15, 0.2) is 5.78 Å². The first-order valence-electron chi connectivity index (χ1n) is 5.36. The highest BCUT2D eigenvalue weighted by atomic mass is 35.6. The molecule has 0 aliphatic rings. The normalized spacial score (nSPS) is 10.9. The van der Waals surface area contributed by atoms with Gasteiger partial charge >= 0.3 is 6.09 Å². The number of hydrogen-bond donors (Lipinski definition) is 1. The first kappa shape index (κ1) is 16.1. The lowest BCUT2D eigenvalue weighted by molar-refractivity contribution is 0.0977. The monoisotopic (exact) mass is 323 g/mol. The van der Waals surface area contributed by atoms with Crippen LogP contribution in [0.4, 0.5) is 4.79 Å². The van der Waals surface area contributed by atoms with Crippen LogP contribution >= 0.6 is 34.8 Å². The van der Waals surface area contributed by atoms with E-state index in [0.717, 1.165) is 5.56 Å².